The molecule has 2 aromatic heterocycles. The van der Waals surface area contributed by atoms with Gasteiger partial charge in [0.2, 0.25) is 6.41 Å². The lowest BCUT2D eigenvalue weighted by Gasteiger charge is -2.29. The van der Waals surface area contributed by atoms with Crippen molar-refractivity contribution in [2.45, 2.75) is 24.9 Å². The van der Waals surface area contributed by atoms with Crippen molar-refractivity contribution in [3.8, 4) is 11.1 Å². The zero-order valence-corrected chi connectivity index (χ0v) is 14.7. The number of carbonyl (C=O) groups is 1. The summed E-state index contributed by atoms with van der Waals surface area (Å²) in [4.78, 5) is 27.6. The highest BCUT2D eigenvalue weighted by Gasteiger charge is 2.30. The third-order valence-corrected chi connectivity index (χ3v) is 5.15. The van der Waals surface area contributed by atoms with E-state index in [0.717, 1.165) is 24.2 Å². The minimum Gasteiger partial charge on any atom is -0.345 e. The Morgan fingerprint density at radius 3 is 2.43 bits per heavy atom. The molecular formula is C19H17F3N4O2. The number of carbonyl (C=O) groups excluding carboxylic acids is 1. The third-order valence-electron chi connectivity index (χ3n) is 5.15. The number of nitrogens with zero attached hydrogens (tertiary/aromatic N) is 3. The normalized spacial score (nSPS) is 15.9. The first-order chi connectivity index (χ1) is 13.4. The van der Waals surface area contributed by atoms with Gasteiger partial charge in [-0.2, -0.15) is 18.3 Å². The molecule has 9 heteroatoms. The van der Waals surface area contributed by atoms with Crippen LogP contribution in [0.25, 0.3) is 16.8 Å². The van der Waals surface area contributed by atoms with Gasteiger partial charge in [-0.25, -0.2) is 4.52 Å². The Labute approximate surface area is 157 Å². The quantitative estimate of drug-likeness (QED) is 0.699. The van der Waals surface area contributed by atoms with Crippen LogP contribution >= 0.6 is 0 Å². The van der Waals surface area contributed by atoms with Gasteiger partial charge in [0.1, 0.15) is 5.65 Å². The van der Waals surface area contributed by atoms with Crippen molar-refractivity contribution in [3.05, 3.63) is 58.1 Å². The molecule has 146 valence electrons. The summed E-state index contributed by atoms with van der Waals surface area (Å²) in [6, 6.07) is 6.25. The number of halogens is 3. The fourth-order valence-corrected chi connectivity index (χ4v) is 3.65. The highest BCUT2D eigenvalue weighted by Crippen LogP contribution is 2.33. The summed E-state index contributed by atoms with van der Waals surface area (Å²) in [5.41, 5.74) is 1.24. The van der Waals surface area contributed by atoms with E-state index in [9.17, 15) is 22.8 Å². The van der Waals surface area contributed by atoms with Crippen LogP contribution in [0.1, 0.15) is 30.0 Å². The maximum atomic E-state index is 12.8. The maximum absolute atomic E-state index is 12.8. The molecule has 0 spiro atoms. The van der Waals surface area contributed by atoms with E-state index in [1.807, 2.05) is 0 Å². The zero-order valence-electron chi connectivity index (χ0n) is 14.7. The first-order valence-electron chi connectivity index (χ1n) is 8.85. The second kappa shape index (κ2) is 6.81. The van der Waals surface area contributed by atoms with Crippen molar-refractivity contribution in [1.29, 1.82) is 0 Å². The first kappa shape index (κ1) is 18.3. The number of benzene rings is 1. The summed E-state index contributed by atoms with van der Waals surface area (Å²) in [5, 5.41) is 4.36. The van der Waals surface area contributed by atoms with Crippen LogP contribution in [0, 0.1) is 0 Å². The van der Waals surface area contributed by atoms with Crippen molar-refractivity contribution in [2.75, 3.05) is 13.1 Å². The van der Waals surface area contributed by atoms with Crippen LogP contribution in [0.2, 0.25) is 0 Å². The number of fused-ring (bicyclic) bond motifs is 1. The Bertz CT molecular complexity index is 1060. The molecule has 1 aliphatic rings. The molecule has 0 bridgehead atoms. The molecule has 1 aliphatic heterocycles. The molecular weight excluding hydrogens is 373 g/mol. The molecule has 3 heterocycles. The largest absolute Gasteiger partial charge is 0.416 e. The lowest BCUT2D eigenvalue weighted by atomic mass is 9.93. The van der Waals surface area contributed by atoms with E-state index in [0.29, 0.717) is 42.7 Å². The van der Waals surface area contributed by atoms with Crippen LogP contribution in [0.15, 0.2) is 41.3 Å². The minimum atomic E-state index is -4.41. The lowest BCUT2D eigenvalue weighted by molar-refractivity contribution is -0.137. The fourth-order valence-electron chi connectivity index (χ4n) is 3.65. The van der Waals surface area contributed by atoms with Gasteiger partial charge in [0.25, 0.3) is 5.56 Å². The molecule has 1 aromatic carbocycles. The molecule has 3 aromatic rings. The zero-order chi connectivity index (χ0) is 19.9. The van der Waals surface area contributed by atoms with Crippen LogP contribution in [0.3, 0.4) is 0 Å². The number of alkyl halides is 3. The molecule has 4 rings (SSSR count). The Morgan fingerprint density at radius 1 is 1.14 bits per heavy atom. The van der Waals surface area contributed by atoms with E-state index < -0.39 is 11.7 Å². The average Bonchev–Trinajstić information content (AvgIpc) is 3.10. The van der Waals surface area contributed by atoms with Gasteiger partial charge in [-0.3, -0.25) is 9.59 Å². The molecule has 0 radical (unpaired) electrons. The van der Waals surface area contributed by atoms with Gasteiger partial charge >= 0.3 is 6.18 Å². The van der Waals surface area contributed by atoms with Gasteiger partial charge in [-0.05, 0) is 30.5 Å². The summed E-state index contributed by atoms with van der Waals surface area (Å²) in [6.07, 6.45) is -0.616. The lowest BCUT2D eigenvalue weighted by Crippen LogP contribution is -2.32. The number of nitrogens with one attached hydrogen (secondary N) is 1. The number of aromatic amines is 1. The number of aromatic nitrogens is 3. The highest BCUT2D eigenvalue weighted by molar-refractivity contribution is 5.77. The van der Waals surface area contributed by atoms with Crippen molar-refractivity contribution >= 4 is 12.1 Å². The van der Waals surface area contributed by atoms with Crippen LogP contribution in [-0.4, -0.2) is 39.0 Å². The second-order valence-corrected chi connectivity index (χ2v) is 6.87. The van der Waals surface area contributed by atoms with Crippen molar-refractivity contribution in [1.82, 2.24) is 19.5 Å². The number of amides is 1. The van der Waals surface area contributed by atoms with E-state index in [1.54, 1.807) is 9.42 Å². The van der Waals surface area contributed by atoms with Crippen molar-refractivity contribution in [2.24, 2.45) is 0 Å². The molecule has 1 amide bonds. The van der Waals surface area contributed by atoms with Crippen LogP contribution in [-0.2, 0) is 11.0 Å². The number of piperidine rings is 1. The van der Waals surface area contributed by atoms with Crippen molar-refractivity contribution in [3.63, 3.8) is 0 Å². The molecule has 28 heavy (non-hydrogen) atoms. The predicted octanol–water partition coefficient (Wildman–Crippen LogP) is 3.04. The van der Waals surface area contributed by atoms with Gasteiger partial charge in [0.05, 0.1) is 17.5 Å². The molecule has 0 saturated carbocycles. The monoisotopic (exact) mass is 390 g/mol. The molecule has 1 fully saturated rings. The first-order valence-corrected chi connectivity index (χ1v) is 8.85. The number of likely N-dealkylation sites (tertiary alicyclic amines) is 1. The third kappa shape index (κ3) is 3.28. The molecule has 0 atom stereocenters. The highest BCUT2D eigenvalue weighted by atomic mass is 19.4. The van der Waals surface area contributed by atoms with Crippen molar-refractivity contribution < 1.29 is 18.0 Å². The summed E-state index contributed by atoms with van der Waals surface area (Å²) >= 11 is 0. The van der Waals surface area contributed by atoms with Crippen LogP contribution < -0.4 is 5.56 Å². The average molecular weight is 390 g/mol. The second-order valence-electron chi connectivity index (χ2n) is 6.87. The van der Waals surface area contributed by atoms with E-state index in [2.05, 4.69) is 10.1 Å². The van der Waals surface area contributed by atoms with E-state index >= 15 is 0 Å². The molecule has 6 nitrogen and oxygen atoms in total. The number of H-pyrrole nitrogens is 1. The minimum absolute atomic E-state index is 0.0707. The SMILES string of the molecule is O=CN1CCC(c2cc(=O)[nH]c3c(-c4ccc(C(F)(F)F)cc4)cnn23)CC1. The number of rotatable bonds is 3. The number of hydrogen-bond acceptors (Lipinski definition) is 3. The molecule has 0 aliphatic carbocycles. The van der Waals surface area contributed by atoms with E-state index in [-0.39, 0.29) is 11.5 Å². The standard InChI is InChI=1S/C19H17F3N4O2/c20-19(21,22)14-3-1-12(2-4-14)15-10-23-26-16(9-17(28)24-18(15)26)13-5-7-25(11-27)8-6-13/h1-4,9-11,13H,5-8H2,(H,24,28). The molecule has 1 saturated heterocycles. The summed E-state index contributed by atoms with van der Waals surface area (Å²) in [5.74, 6) is 0.0707. The summed E-state index contributed by atoms with van der Waals surface area (Å²) in [7, 11) is 0. The van der Waals surface area contributed by atoms with Gasteiger partial charge in [-0.1, -0.05) is 12.1 Å². The predicted molar refractivity (Wildman–Crippen MR) is 95.9 cm³/mol. The maximum Gasteiger partial charge on any atom is 0.416 e. The summed E-state index contributed by atoms with van der Waals surface area (Å²) in [6.45, 7) is 1.21. The molecule has 1 N–H and O–H groups in total. The fraction of sp³-hybridized carbons (Fsp3) is 0.316. The van der Waals surface area contributed by atoms with Gasteiger partial charge < -0.3 is 9.88 Å². The Balaban J connectivity index is 1.74. The Kier molecular flexibility index (Phi) is 4.44. The smallest absolute Gasteiger partial charge is 0.345 e. The Morgan fingerprint density at radius 2 is 1.82 bits per heavy atom. The van der Waals surface area contributed by atoms with E-state index in [4.69, 9.17) is 0 Å². The van der Waals surface area contributed by atoms with Crippen LogP contribution in [0.5, 0.6) is 0 Å². The van der Waals surface area contributed by atoms with E-state index in [1.165, 1.54) is 24.4 Å². The Hall–Kier alpha value is -3.10. The van der Waals surface area contributed by atoms with Gasteiger partial charge in [-0.15, -0.1) is 0 Å². The molecule has 0 unspecified atom stereocenters. The topological polar surface area (TPSA) is 70.5 Å². The van der Waals surface area contributed by atoms with Crippen LogP contribution in [0.4, 0.5) is 13.2 Å². The summed E-state index contributed by atoms with van der Waals surface area (Å²) < 4.78 is 40.0. The van der Waals surface area contributed by atoms with Gasteiger partial charge in [0.15, 0.2) is 0 Å². The number of hydrogen-bond donors (Lipinski definition) is 1. The van der Waals surface area contributed by atoms with Gasteiger partial charge in [0, 0.05) is 30.6 Å².